The highest BCUT2D eigenvalue weighted by Crippen LogP contribution is 2.42. The van der Waals surface area contributed by atoms with Gasteiger partial charge in [0.2, 0.25) is 0 Å². The van der Waals surface area contributed by atoms with Crippen LogP contribution < -0.4 is 11.3 Å². The number of hydrogen-bond acceptors (Lipinski definition) is 3. The first-order valence-corrected chi connectivity index (χ1v) is 7.21. The molecule has 0 aliphatic carbocycles. The number of thioether (sulfide) groups is 1. The first-order valence-electron chi connectivity index (χ1n) is 6.22. The van der Waals surface area contributed by atoms with Crippen LogP contribution in [0.25, 0.3) is 0 Å². The maximum Gasteiger partial charge on any atom is 0.0357 e. The van der Waals surface area contributed by atoms with Gasteiger partial charge >= 0.3 is 0 Å². The topological polar surface area (TPSA) is 38.0 Å². The van der Waals surface area contributed by atoms with E-state index < -0.39 is 0 Å². The average molecular weight is 230 g/mol. The molecule has 1 aliphatic heterocycles. The fourth-order valence-electron chi connectivity index (χ4n) is 2.58. The Labute approximate surface area is 98.7 Å². The molecule has 0 bridgehead atoms. The molecule has 0 aromatic rings. The summed E-state index contributed by atoms with van der Waals surface area (Å²) >= 11 is 2.09. The van der Waals surface area contributed by atoms with Gasteiger partial charge in [-0.2, -0.15) is 11.8 Å². The summed E-state index contributed by atoms with van der Waals surface area (Å²) in [7, 11) is 0. The highest BCUT2D eigenvalue weighted by atomic mass is 32.2. The van der Waals surface area contributed by atoms with Gasteiger partial charge in [-0.1, -0.05) is 26.7 Å². The second kappa shape index (κ2) is 6.12. The van der Waals surface area contributed by atoms with Crippen molar-refractivity contribution in [2.45, 2.75) is 63.7 Å². The number of nitrogens with one attached hydrogen (secondary N) is 1. The minimum Gasteiger partial charge on any atom is -0.271 e. The van der Waals surface area contributed by atoms with Crippen LogP contribution in [-0.2, 0) is 0 Å². The zero-order valence-electron chi connectivity index (χ0n) is 10.4. The molecule has 1 saturated heterocycles. The molecule has 2 nitrogen and oxygen atoms in total. The maximum atomic E-state index is 5.72. The molecule has 3 atom stereocenters. The van der Waals surface area contributed by atoms with Gasteiger partial charge in [0.25, 0.3) is 0 Å². The standard InChI is InChI=1S/C12H26N2S/c1-4-6-10(2)9-11(14-13)12(3)7-5-8-15-12/h10-11,14H,4-9,13H2,1-3H3. The van der Waals surface area contributed by atoms with Gasteiger partial charge in [-0.15, -0.1) is 0 Å². The molecule has 0 radical (unpaired) electrons. The van der Waals surface area contributed by atoms with E-state index in [0.29, 0.717) is 10.8 Å². The molecule has 3 N–H and O–H groups in total. The van der Waals surface area contributed by atoms with Crippen molar-refractivity contribution < 1.29 is 0 Å². The lowest BCUT2D eigenvalue weighted by Gasteiger charge is -2.34. The van der Waals surface area contributed by atoms with E-state index in [0.717, 1.165) is 5.92 Å². The second-order valence-corrected chi connectivity index (χ2v) is 6.74. The molecule has 1 aliphatic rings. The Balaban J connectivity index is 2.47. The van der Waals surface area contributed by atoms with E-state index in [2.05, 4.69) is 38.0 Å². The van der Waals surface area contributed by atoms with Crippen molar-refractivity contribution in [2.75, 3.05) is 5.75 Å². The molecule has 0 amide bonds. The highest BCUT2D eigenvalue weighted by Gasteiger charge is 2.37. The Morgan fingerprint density at radius 2 is 2.27 bits per heavy atom. The fourth-order valence-corrected chi connectivity index (χ4v) is 3.99. The normalized spacial score (nSPS) is 30.4. The van der Waals surface area contributed by atoms with Crippen LogP contribution >= 0.6 is 11.8 Å². The average Bonchev–Trinajstić information content (AvgIpc) is 2.63. The summed E-state index contributed by atoms with van der Waals surface area (Å²) in [5.41, 5.74) is 3.05. The Bertz CT molecular complexity index is 178. The Kier molecular flexibility index (Phi) is 5.44. The molecule has 0 aromatic heterocycles. The lowest BCUT2D eigenvalue weighted by molar-refractivity contribution is 0.326. The third kappa shape index (κ3) is 3.65. The molecule has 0 spiro atoms. The zero-order valence-corrected chi connectivity index (χ0v) is 11.2. The van der Waals surface area contributed by atoms with Gasteiger partial charge in [0.1, 0.15) is 0 Å². The van der Waals surface area contributed by atoms with Crippen LogP contribution in [-0.4, -0.2) is 16.5 Å². The van der Waals surface area contributed by atoms with E-state index in [4.69, 9.17) is 5.84 Å². The lowest BCUT2D eigenvalue weighted by Crippen LogP contribution is -2.49. The minimum atomic E-state index is 0.372. The lowest BCUT2D eigenvalue weighted by atomic mass is 9.88. The molecular weight excluding hydrogens is 204 g/mol. The summed E-state index contributed by atoms with van der Waals surface area (Å²) in [6, 6.07) is 0.478. The van der Waals surface area contributed by atoms with Crippen LogP contribution in [0.1, 0.15) is 52.9 Å². The van der Waals surface area contributed by atoms with Gasteiger partial charge in [-0.25, -0.2) is 0 Å². The molecule has 1 fully saturated rings. The summed E-state index contributed by atoms with van der Waals surface area (Å²) < 4.78 is 0.372. The highest BCUT2D eigenvalue weighted by molar-refractivity contribution is 8.00. The molecule has 90 valence electrons. The van der Waals surface area contributed by atoms with Crippen LogP contribution in [0.2, 0.25) is 0 Å². The van der Waals surface area contributed by atoms with Crippen LogP contribution in [0.3, 0.4) is 0 Å². The van der Waals surface area contributed by atoms with Crippen LogP contribution in [0.15, 0.2) is 0 Å². The molecule has 0 aromatic carbocycles. The van der Waals surface area contributed by atoms with E-state index in [-0.39, 0.29) is 0 Å². The van der Waals surface area contributed by atoms with Gasteiger partial charge in [-0.3, -0.25) is 11.3 Å². The molecule has 3 heteroatoms. The predicted octanol–water partition coefficient (Wildman–Crippen LogP) is 2.93. The SMILES string of the molecule is CCCC(C)CC(NN)C1(C)CCCS1. The smallest absolute Gasteiger partial charge is 0.0357 e. The molecule has 1 heterocycles. The van der Waals surface area contributed by atoms with Crippen molar-refractivity contribution in [2.24, 2.45) is 11.8 Å². The van der Waals surface area contributed by atoms with Crippen LogP contribution in [0.4, 0.5) is 0 Å². The second-order valence-electron chi connectivity index (χ2n) is 5.11. The van der Waals surface area contributed by atoms with Gasteiger partial charge in [0, 0.05) is 10.8 Å². The monoisotopic (exact) mass is 230 g/mol. The number of hydrazine groups is 1. The van der Waals surface area contributed by atoms with Crippen molar-refractivity contribution >= 4 is 11.8 Å². The van der Waals surface area contributed by atoms with E-state index in [1.165, 1.54) is 37.9 Å². The third-order valence-corrected chi connectivity index (χ3v) is 5.25. The summed E-state index contributed by atoms with van der Waals surface area (Å²) in [4.78, 5) is 0. The number of rotatable bonds is 6. The maximum absolute atomic E-state index is 5.72. The largest absolute Gasteiger partial charge is 0.271 e. The first kappa shape index (κ1) is 13.3. The predicted molar refractivity (Wildman–Crippen MR) is 69.9 cm³/mol. The van der Waals surface area contributed by atoms with Crippen LogP contribution in [0, 0.1) is 5.92 Å². The van der Waals surface area contributed by atoms with Crippen molar-refractivity contribution in [3.63, 3.8) is 0 Å². The summed E-state index contributed by atoms with van der Waals surface area (Å²) in [5, 5.41) is 0. The minimum absolute atomic E-state index is 0.372. The van der Waals surface area contributed by atoms with Crippen molar-refractivity contribution in [1.82, 2.24) is 5.43 Å². The third-order valence-electron chi connectivity index (χ3n) is 3.61. The van der Waals surface area contributed by atoms with E-state index in [1.54, 1.807) is 0 Å². The first-order chi connectivity index (χ1) is 7.12. The Morgan fingerprint density at radius 1 is 1.53 bits per heavy atom. The summed E-state index contributed by atoms with van der Waals surface area (Å²) in [5.74, 6) is 7.81. The number of nitrogens with two attached hydrogens (primary N) is 1. The van der Waals surface area contributed by atoms with E-state index in [9.17, 15) is 0 Å². The van der Waals surface area contributed by atoms with Gasteiger partial charge in [-0.05, 0) is 37.9 Å². The Morgan fingerprint density at radius 3 is 2.73 bits per heavy atom. The van der Waals surface area contributed by atoms with Gasteiger partial charge in [0.15, 0.2) is 0 Å². The summed E-state index contributed by atoms with van der Waals surface area (Å²) in [6.07, 6.45) is 6.47. The van der Waals surface area contributed by atoms with Gasteiger partial charge < -0.3 is 0 Å². The summed E-state index contributed by atoms with van der Waals surface area (Å²) in [6.45, 7) is 6.97. The van der Waals surface area contributed by atoms with Crippen molar-refractivity contribution in [3.8, 4) is 0 Å². The van der Waals surface area contributed by atoms with Crippen molar-refractivity contribution in [3.05, 3.63) is 0 Å². The van der Waals surface area contributed by atoms with E-state index >= 15 is 0 Å². The molecular formula is C12H26N2S. The fraction of sp³-hybridized carbons (Fsp3) is 1.00. The molecule has 1 rings (SSSR count). The van der Waals surface area contributed by atoms with E-state index in [1.807, 2.05) is 0 Å². The molecule has 3 unspecified atom stereocenters. The molecule has 15 heavy (non-hydrogen) atoms. The van der Waals surface area contributed by atoms with Crippen LogP contribution in [0.5, 0.6) is 0 Å². The quantitative estimate of drug-likeness (QED) is 0.544. The molecule has 0 saturated carbocycles. The zero-order chi connectivity index (χ0) is 11.3. The van der Waals surface area contributed by atoms with Crippen molar-refractivity contribution in [1.29, 1.82) is 0 Å². The Hall–Kier alpha value is 0.270. The van der Waals surface area contributed by atoms with Gasteiger partial charge in [0.05, 0.1) is 0 Å². The number of hydrogen-bond donors (Lipinski definition) is 2.